The number of carbonyl (C=O) groups is 1. The molecule has 27 heavy (non-hydrogen) atoms. The molecule has 0 radical (unpaired) electrons. The van der Waals surface area contributed by atoms with E-state index in [1.807, 2.05) is 41.0 Å². The summed E-state index contributed by atoms with van der Waals surface area (Å²) >= 11 is 1.41. The molecule has 7 heteroatoms. The molecule has 0 bridgehead atoms. The number of aromatic amines is 1. The molecular weight excluding hydrogens is 360 g/mol. The first-order chi connectivity index (χ1) is 13.1. The van der Waals surface area contributed by atoms with Crippen molar-refractivity contribution in [3.05, 3.63) is 54.4 Å². The van der Waals surface area contributed by atoms with Crippen LogP contribution in [-0.2, 0) is 6.54 Å². The Morgan fingerprint density at radius 2 is 2.07 bits per heavy atom. The smallest absolute Gasteiger partial charge is 0.200 e. The zero-order valence-corrected chi connectivity index (χ0v) is 16.0. The highest BCUT2D eigenvalue weighted by Gasteiger charge is 2.19. The van der Waals surface area contributed by atoms with E-state index >= 15 is 0 Å². The van der Waals surface area contributed by atoms with Crippen molar-refractivity contribution in [2.45, 2.75) is 25.5 Å². The number of thioether (sulfide) groups is 1. The number of aromatic nitrogens is 4. The fourth-order valence-electron chi connectivity index (χ4n) is 3.02. The van der Waals surface area contributed by atoms with E-state index in [1.54, 1.807) is 12.5 Å². The van der Waals surface area contributed by atoms with E-state index in [1.165, 1.54) is 11.8 Å². The number of carbonyl (C=O) groups excluding carboxylic acids is 1. The number of ketones is 1. The van der Waals surface area contributed by atoms with Gasteiger partial charge in [-0.3, -0.25) is 9.36 Å². The zero-order valence-electron chi connectivity index (χ0n) is 15.2. The zero-order chi connectivity index (χ0) is 18.8. The largest absolute Gasteiger partial charge is 0.461 e. The van der Waals surface area contributed by atoms with Gasteiger partial charge in [0.25, 0.3) is 0 Å². The Morgan fingerprint density at radius 1 is 1.22 bits per heavy atom. The van der Waals surface area contributed by atoms with Crippen molar-refractivity contribution in [3.8, 4) is 11.6 Å². The van der Waals surface area contributed by atoms with E-state index in [4.69, 9.17) is 4.42 Å². The minimum Gasteiger partial charge on any atom is -0.461 e. The summed E-state index contributed by atoms with van der Waals surface area (Å²) in [5.74, 6) is 2.15. The molecule has 0 atom stereocenters. The Kier molecular flexibility index (Phi) is 4.85. The lowest BCUT2D eigenvalue weighted by Crippen LogP contribution is -2.09. The Labute approximate surface area is 161 Å². The fourth-order valence-corrected chi connectivity index (χ4v) is 3.85. The van der Waals surface area contributed by atoms with Gasteiger partial charge in [-0.2, -0.15) is 0 Å². The summed E-state index contributed by atoms with van der Waals surface area (Å²) < 4.78 is 7.51. The second-order valence-corrected chi connectivity index (χ2v) is 7.69. The van der Waals surface area contributed by atoms with E-state index in [0.29, 0.717) is 28.8 Å². The Bertz CT molecular complexity index is 1060. The molecule has 3 aromatic heterocycles. The number of hydrogen-bond donors (Lipinski definition) is 1. The highest BCUT2D eigenvalue weighted by molar-refractivity contribution is 7.99. The van der Waals surface area contributed by atoms with Gasteiger partial charge in [0, 0.05) is 29.2 Å². The van der Waals surface area contributed by atoms with Crippen LogP contribution < -0.4 is 0 Å². The third kappa shape index (κ3) is 3.55. The quantitative estimate of drug-likeness (QED) is 0.373. The summed E-state index contributed by atoms with van der Waals surface area (Å²) in [6.07, 6.45) is 3.40. The number of rotatable bonds is 7. The maximum absolute atomic E-state index is 12.7. The number of H-pyrrole nitrogens is 1. The maximum Gasteiger partial charge on any atom is 0.200 e. The van der Waals surface area contributed by atoms with Gasteiger partial charge in [-0.15, -0.1) is 10.2 Å². The predicted octanol–water partition coefficient (Wildman–Crippen LogP) is 4.65. The number of nitrogens with zero attached hydrogens (tertiary/aromatic N) is 3. The second-order valence-electron chi connectivity index (χ2n) is 6.75. The number of hydrogen-bond acceptors (Lipinski definition) is 5. The molecule has 1 aromatic carbocycles. The van der Waals surface area contributed by atoms with Crippen molar-refractivity contribution in [2.24, 2.45) is 5.92 Å². The van der Waals surface area contributed by atoms with Crippen molar-refractivity contribution in [2.75, 3.05) is 5.75 Å². The molecule has 0 aliphatic rings. The van der Waals surface area contributed by atoms with Crippen LogP contribution in [0.2, 0.25) is 0 Å². The SMILES string of the molecule is CC(C)Cn1c(SCC(=O)c2c[nH]c3ccccc23)nnc1-c1ccco1. The summed E-state index contributed by atoms with van der Waals surface area (Å²) in [6.45, 7) is 5.03. The Hall–Kier alpha value is -2.80. The van der Waals surface area contributed by atoms with Gasteiger partial charge in [-0.05, 0) is 24.1 Å². The minimum atomic E-state index is 0.0658. The third-order valence-electron chi connectivity index (χ3n) is 4.23. The average molecular weight is 380 g/mol. The molecule has 0 saturated carbocycles. The summed E-state index contributed by atoms with van der Waals surface area (Å²) in [5.41, 5.74) is 1.67. The molecule has 6 nitrogen and oxygen atoms in total. The van der Waals surface area contributed by atoms with Crippen LogP contribution in [0.4, 0.5) is 0 Å². The van der Waals surface area contributed by atoms with Crippen LogP contribution in [0, 0.1) is 5.92 Å². The van der Waals surface area contributed by atoms with Gasteiger partial charge in [-0.1, -0.05) is 43.8 Å². The third-order valence-corrected chi connectivity index (χ3v) is 5.19. The van der Waals surface area contributed by atoms with E-state index in [2.05, 4.69) is 29.0 Å². The fraction of sp³-hybridized carbons (Fsp3) is 0.250. The van der Waals surface area contributed by atoms with Crippen LogP contribution in [0.15, 0.2) is 58.4 Å². The number of benzene rings is 1. The minimum absolute atomic E-state index is 0.0658. The van der Waals surface area contributed by atoms with Gasteiger partial charge >= 0.3 is 0 Å². The molecule has 0 amide bonds. The Balaban J connectivity index is 1.56. The number of Topliss-reactive ketones (excluding diaryl/α,β-unsaturated/α-hetero) is 1. The lowest BCUT2D eigenvalue weighted by Gasteiger charge is -2.11. The molecule has 1 N–H and O–H groups in total. The van der Waals surface area contributed by atoms with Crippen molar-refractivity contribution < 1.29 is 9.21 Å². The van der Waals surface area contributed by atoms with Gasteiger partial charge in [-0.25, -0.2) is 0 Å². The molecule has 3 heterocycles. The molecule has 0 spiro atoms. The normalized spacial score (nSPS) is 11.5. The van der Waals surface area contributed by atoms with Crippen LogP contribution in [0.1, 0.15) is 24.2 Å². The van der Waals surface area contributed by atoms with E-state index in [-0.39, 0.29) is 5.78 Å². The molecule has 4 aromatic rings. The summed E-state index contributed by atoms with van der Waals surface area (Å²) in [5, 5.41) is 10.3. The van der Waals surface area contributed by atoms with Crippen molar-refractivity contribution >= 4 is 28.4 Å². The first-order valence-corrected chi connectivity index (χ1v) is 9.81. The van der Waals surface area contributed by atoms with Gasteiger partial charge in [0.15, 0.2) is 22.5 Å². The number of fused-ring (bicyclic) bond motifs is 1. The summed E-state index contributed by atoms with van der Waals surface area (Å²) in [4.78, 5) is 15.9. The predicted molar refractivity (Wildman–Crippen MR) is 106 cm³/mol. The maximum atomic E-state index is 12.7. The highest BCUT2D eigenvalue weighted by atomic mass is 32.2. The highest BCUT2D eigenvalue weighted by Crippen LogP contribution is 2.27. The first-order valence-electron chi connectivity index (χ1n) is 8.82. The van der Waals surface area contributed by atoms with Crippen molar-refractivity contribution in [1.82, 2.24) is 19.7 Å². The van der Waals surface area contributed by atoms with E-state index in [9.17, 15) is 4.79 Å². The molecule has 0 saturated heterocycles. The van der Waals surface area contributed by atoms with E-state index in [0.717, 1.165) is 22.6 Å². The lowest BCUT2D eigenvalue weighted by atomic mass is 10.1. The van der Waals surface area contributed by atoms with Gasteiger partial charge in [0.2, 0.25) is 0 Å². The molecule has 0 aliphatic heterocycles. The van der Waals surface area contributed by atoms with Crippen LogP contribution in [0.3, 0.4) is 0 Å². The first kappa shape index (κ1) is 17.6. The summed E-state index contributed by atoms with van der Waals surface area (Å²) in [7, 11) is 0. The molecule has 0 unspecified atom stereocenters. The average Bonchev–Trinajstić information content (AvgIpc) is 3.39. The number of nitrogens with one attached hydrogen (secondary N) is 1. The topological polar surface area (TPSA) is 76.7 Å². The van der Waals surface area contributed by atoms with Crippen molar-refractivity contribution in [1.29, 1.82) is 0 Å². The van der Waals surface area contributed by atoms with Crippen LogP contribution in [0.25, 0.3) is 22.5 Å². The van der Waals surface area contributed by atoms with Crippen LogP contribution in [-0.4, -0.2) is 31.3 Å². The number of para-hydroxylation sites is 1. The number of furan rings is 1. The van der Waals surface area contributed by atoms with E-state index < -0.39 is 0 Å². The molecule has 0 fully saturated rings. The molecular formula is C20H20N4O2S. The monoisotopic (exact) mass is 380 g/mol. The van der Waals surface area contributed by atoms with Crippen molar-refractivity contribution in [3.63, 3.8) is 0 Å². The van der Waals surface area contributed by atoms with Gasteiger partial charge in [0.05, 0.1) is 12.0 Å². The lowest BCUT2D eigenvalue weighted by molar-refractivity contribution is 0.102. The Morgan fingerprint density at radius 3 is 2.85 bits per heavy atom. The van der Waals surface area contributed by atoms with Gasteiger partial charge < -0.3 is 9.40 Å². The van der Waals surface area contributed by atoms with Crippen LogP contribution >= 0.6 is 11.8 Å². The molecule has 4 rings (SSSR count). The summed E-state index contributed by atoms with van der Waals surface area (Å²) in [6, 6.07) is 11.5. The van der Waals surface area contributed by atoms with Crippen LogP contribution in [0.5, 0.6) is 0 Å². The second kappa shape index (κ2) is 7.44. The molecule has 0 aliphatic carbocycles. The molecule has 138 valence electrons. The van der Waals surface area contributed by atoms with Gasteiger partial charge in [0.1, 0.15) is 0 Å². The standard InChI is InChI=1S/C20H20N4O2S/c1-13(2)11-24-19(18-8-5-9-26-18)22-23-20(24)27-12-17(25)15-10-21-16-7-4-3-6-14(15)16/h3-10,13,21H,11-12H2,1-2H3.